The summed E-state index contributed by atoms with van der Waals surface area (Å²) in [6.45, 7) is 2.04. The number of aromatic nitrogens is 2. The lowest BCUT2D eigenvalue weighted by molar-refractivity contribution is 0.959. The second-order valence-corrected chi connectivity index (χ2v) is 3.50. The largest absolute Gasteiger partial charge is 0.394 e. The van der Waals surface area contributed by atoms with Gasteiger partial charge >= 0.3 is 0 Å². The molecule has 0 unspecified atom stereocenters. The predicted molar refractivity (Wildman–Crippen MR) is 63.6 cm³/mol. The molecule has 82 valence electrons. The first kappa shape index (κ1) is 10.4. The Hall–Kier alpha value is -2.10. The zero-order valence-electron chi connectivity index (χ0n) is 9.05. The molecule has 16 heavy (non-hydrogen) atoms. The zero-order valence-corrected chi connectivity index (χ0v) is 9.05. The van der Waals surface area contributed by atoms with Crippen LogP contribution in [0.4, 0.5) is 5.69 Å². The Bertz CT molecular complexity index is 543. The van der Waals surface area contributed by atoms with Gasteiger partial charge in [-0.3, -0.25) is 14.3 Å². The Morgan fingerprint density at radius 3 is 2.81 bits per heavy atom. The number of hydrogen-bond acceptors (Lipinski definition) is 3. The van der Waals surface area contributed by atoms with Gasteiger partial charge in [-0.2, -0.15) is 0 Å². The van der Waals surface area contributed by atoms with E-state index < -0.39 is 0 Å². The second-order valence-electron chi connectivity index (χ2n) is 3.50. The van der Waals surface area contributed by atoms with E-state index in [4.69, 9.17) is 5.73 Å². The summed E-state index contributed by atoms with van der Waals surface area (Å²) in [5, 5.41) is 0. The number of nitrogen functional groups attached to an aromatic ring is 1. The number of anilines is 1. The molecule has 0 bridgehead atoms. The molecule has 4 heteroatoms. The Kier molecular flexibility index (Phi) is 2.72. The number of aryl methyl sites for hydroxylation is 1. The number of nitrogens with two attached hydrogens (primary N) is 1. The first-order valence-corrected chi connectivity index (χ1v) is 5.15. The summed E-state index contributed by atoms with van der Waals surface area (Å²) in [5.41, 5.74) is 7.32. The lowest BCUT2D eigenvalue weighted by Gasteiger charge is -2.06. The molecule has 0 aliphatic carbocycles. The maximum absolute atomic E-state index is 11.7. The van der Waals surface area contributed by atoms with E-state index >= 15 is 0 Å². The van der Waals surface area contributed by atoms with Gasteiger partial charge in [-0.05, 0) is 30.7 Å². The third kappa shape index (κ3) is 1.82. The summed E-state index contributed by atoms with van der Waals surface area (Å²) in [6.07, 6.45) is 4.24. The summed E-state index contributed by atoms with van der Waals surface area (Å²) in [7, 11) is 0. The van der Waals surface area contributed by atoms with Crippen LogP contribution < -0.4 is 11.3 Å². The Morgan fingerprint density at radius 2 is 2.19 bits per heavy atom. The van der Waals surface area contributed by atoms with Crippen molar-refractivity contribution in [2.45, 2.75) is 13.3 Å². The number of rotatable bonds is 2. The maximum atomic E-state index is 11.7. The normalized spacial score (nSPS) is 10.3. The predicted octanol–water partition coefficient (Wildman–Crippen LogP) is 1.38. The topological polar surface area (TPSA) is 60.9 Å². The summed E-state index contributed by atoms with van der Waals surface area (Å²) >= 11 is 0. The molecule has 0 fully saturated rings. The molecule has 4 nitrogen and oxygen atoms in total. The van der Waals surface area contributed by atoms with Gasteiger partial charge < -0.3 is 5.73 Å². The van der Waals surface area contributed by atoms with E-state index in [9.17, 15) is 4.79 Å². The molecule has 0 spiro atoms. The minimum Gasteiger partial charge on any atom is -0.394 e. The molecule has 0 amide bonds. The van der Waals surface area contributed by atoms with Crippen molar-refractivity contribution < 1.29 is 0 Å². The smallest absolute Gasteiger partial charge is 0.278 e. The second kappa shape index (κ2) is 4.18. The molecule has 2 N–H and O–H groups in total. The van der Waals surface area contributed by atoms with Gasteiger partial charge in [0.2, 0.25) is 0 Å². The van der Waals surface area contributed by atoms with Crippen LogP contribution in [0.3, 0.4) is 0 Å². The Balaban J connectivity index is 2.51. The Morgan fingerprint density at radius 1 is 1.38 bits per heavy atom. The number of nitrogens with zero attached hydrogens (tertiary/aromatic N) is 2. The van der Waals surface area contributed by atoms with Crippen LogP contribution in [-0.2, 0) is 6.42 Å². The minimum atomic E-state index is -0.214. The Labute approximate surface area is 93.4 Å². The highest BCUT2D eigenvalue weighted by Crippen LogP contribution is 2.06. The molecule has 0 aromatic carbocycles. The molecule has 0 saturated heterocycles. The molecule has 0 radical (unpaired) electrons. The van der Waals surface area contributed by atoms with Crippen molar-refractivity contribution in [1.82, 2.24) is 9.55 Å². The fraction of sp³-hybridized carbons (Fsp3) is 0.167. The lowest BCUT2D eigenvalue weighted by Crippen LogP contribution is -2.20. The van der Waals surface area contributed by atoms with Crippen molar-refractivity contribution in [2.24, 2.45) is 0 Å². The van der Waals surface area contributed by atoms with E-state index in [1.807, 2.05) is 19.1 Å². The summed E-state index contributed by atoms with van der Waals surface area (Å²) < 4.78 is 1.49. The van der Waals surface area contributed by atoms with Gasteiger partial charge in [0.05, 0.1) is 17.6 Å². The molecule has 2 aromatic rings. The van der Waals surface area contributed by atoms with Crippen molar-refractivity contribution in [3.63, 3.8) is 0 Å². The van der Waals surface area contributed by atoms with E-state index in [1.54, 1.807) is 24.5 Å². The lowest BCUT2D eigenvalue weighted by atomic mass is 10.3. The average molecular weight is 215 g/mol. The van der Waals surface area contributed by atoms with Crippen molar-refractivity contribution in [1.29, 1.82) is 0 Å². The van der Waals surface area contributed by atoms with E-state index in [1.165, 1.54) is 4.57 Å². The van der Waals surface area contributed by atoms with E-state index in [-0.39, 0.29) is 11.2 Å². The van der Waals surface area contributed by atoms with Crippen molar-refractivity contribution in [2.75, 3.05) is 5.73 Å². The summed E-state index contributed by atoms with van der Waals surface area (Å²) in [4.78, 5) is 16.0. The fourth-order valence-corrected chi connectivity index (χ4v) is 1.48. The van der Waals surface area contributed by atoms with Gasteiger partial charge in [0.25, 0.3) is 5.56 Å². The zero-order chi connectivity index (χ0) is 11.5. The monoisotopic (exact) mass is 215 g/mol. The quantitative estimate of drug-likeness (QED) is 0.823. The van der Waals surface area contributed by atoms with Gasteiger partial charge in [0, 0.05) is 11.9 Å². The van der Waals surface area contributed by atoms with Crippen LogP contribution in [0.15, 0.2) is 41.5 Å². The van der Waals surface area contributed by atoms with E-state index in [2.05, 4.69) is 4.98 Å². The highest BCUT2D eigenvalue weighted by molar-refractivity contribution is 5.39. The van der Waals surface area contributed by atoms with Crippen LogP contribution in [-0.4, -0.2) is 9.55 Å². The van der Waals surface area contributed by atoms with Crippen LogP contribution in [0, 0.1) is 0 Å². The molecule has 2 rings (SSSR count). The van der Waals surface area contributed by atoms with Gasteiger partial charge in [0.15, 0.2) is 0 Å². The molecule has 0 atom stereocenters. The molecule has 0 aliphatic heterocycles. The van der Waals surface area contributed by atoms with Crippen molar-refractivity contribution in [3.05, 3.63) is 52.7 Å². The van der Waals surface area contributed by atoms with Crippen LogP contribution in [0.5, 0.6) is 0 Å². The molecule has 0 saturated carbocycles. The van der Waals surface area contributed by atoms with Crippen molar-refractivity contribution in [3.8, 4) is 5.69 Å². The number of hydrogen-bond donors (Lipinski definition) is 1. The molecule has 0 aliphatic rings. The van der Waals surface area contributed by atoms with Crippen LogP contribution in [0.2, 0.25) is 0 Å². The van der Waals surface area contributed by atoms with Gasteiger partial charge in [-0.15, -0.1) is 0 Å². The van der Waals surface area contributed by atoms with Gasteiger partial charge in [-0.25, -0.2) is 0 Å². The third-order valence-electron chi connectivity index (χ3n) is 2.43. The SMILES string of the molecule is CCc1ccc(-n2cccc(N)c2=O)cn1. The van der Waals surface area contributed by atoms with E-state index in [0.717, 1.165) is 17.8 Å². The highest BCUT2D eigenvalue weighted by atomic mass is 16.1. The summed E-state index contributed by atoms with van der Waals surface area (Å²) in [5.74, 6) is 0. The third-order valence-corrected chi connectivity index (χ3v) is 2.43. The van der Waals surface area contributed by atoms with Gasteiger partial charge in [-0.1, -0.05) is 6.92 Å². The molecule has 2 aromatic heterocycles. The highest BCUT2D eigenvalue weighted by Gasteiger charge is 2.02. The van der Waals surface area contributed by atoms with Gasteiger partial charge in [0.1, 0.15) is 0 Å². The first-order chi connectivity index (χ1) is 7.72. The standard InChI is InChI=1S/C12H13N3O/c1-2-9-5-6-10(8-14-9)15-7-3-4-11(13)12(15)16/h3-8H,2,13H2,1H3. The minimum absolute atomic E-state index is 0.214. The molecular formula is C12H13N3O. The molecular weight excluding hydrogens is 202 g/mol. The van der Waals surface area contributed by atoms with E-state index in [0.29, 0.717) is 0 Å². The first-order valence-electron chi connectivity index (χ1n) is 5.15. The van der Waals surface area contributed by atoms with Crippen LogP contribution in [0.25, 0.3) is 5.69 Å². The maximum Gasteiger partial charge on any atom is 0.278 e. The fourth-order valence-electron chi connectivity index (χ4n) is 1.48. The van der Waals surface area contributed by atoms with Crippen LogP contribution in [0.1, 0.15) is 12.6 Å². The average Bonchev–Trinajstić information content (AvgIpc) is 2.33. The van der Waals surface area contributed by atoms with Crippen molar-refractivity contribution >= 4 is 5.69 Å². The van der Waals surface area contributed by atoms with Crippen LogP contribution >= 0.6 is 0 Å². The summed E-state index contributed by atoms with van der Waals surface area (Å²) in [6, 6.07) is 7.11. The number of pyridine rings is 2. The molecule has 2 heterocycles.